The fourth-order valence-electron chi connectivity index (χ4n) is 2.65. The van der Waals surface area contributed by atoms with Crippen LogP contribution in [0, 0.1) is 4.91 Å². The van der Waals surface area contributed by atoms with Crippen molar-refractivity contribution in [1.82, 2.24) is 0 Å². The largest absolute Gasteiger partial charge is 0.463 e. The molecule has 0 radical (unpaired) electrons. The van der Waals surface area contributed by atoms with Gasteiger partial charge < -0.3 is 4.74 Å². The highest BCUT2D eigenvalue weighted by Crippen LogP contribution is 2.40. The van der Waals surface area contributed by atoms with Crippen LogP contribution in [0.25, 0.3) is 0 Å². The molecule has 0 aliphatic heterocycles. The summed E-state index contributed by atoms with van der Waals surface area (Å²) < 4.78 is 5.20. The van der Waals surface area contributed by atoms with Crippen LogP contribution in [0.3, 0.4) is 0 Å². The van der Waals surface area contributed by atoms with Crippen molar-refractivity contribution in [3.63, 3.8) is 0 Å². The summed E-state index contributed by atoms with van der Waals surface area (Å²) in [7, 11) is 0. The lowest BCUT2D eigenvalue weighted by Gasteiger charge is -2.28. The van der Waals surface area contributed by atoms with Crippen LogP contribution in [0.1, 0.15) is 78.5 Å². The molecular weight excluding hydrogens is 302 g/mol. The number of nitroso groups, excluding NO2 is 1. The van der Waals surface area contributed by atoms with Gasteiger partial charge >= 0.3 is 5.97 Å². The molecule has 1 aromatic rings. The van der Waals surface area contributed by atoms with Crippen molar-refractivity contribution in [2.24, 2.45) is 5.18 Å². The Bertz CT molecular complexity index is 569. The first-order chi connectivity index (χ1) is 10.9. The number of esters is 1. The van der Waals surface area contributed by atoms with Gasteiger partial charge in [-0.3, -0.25) is 4.79 Å². The maximum absolute atomic E-state index is 11.8. The lowest BCUT2D eigenvalue weighted by atomic mass is 9.77. The van der Waals surface area contributed by atoms with Gasteiger partial charge in [-0.2, -0.15) is 0 Å². The van der Waals surface area contributed by atoms with E-state index in [1.165, 1.54) is 0 Å². The van der Waals surface area contributed by atoms with E-state index in [9.17, 15) is 9.70 Å². The SMILES string of the molecule is CC(C)OC(=O)CCc1cc(C(C)(C)C)c(N=O)c(C(C)(C)C)c1. The van der Waals surface area contributed by atoms with E-state index in [4.69, 9.17) is 4.74 Å². The minimum atomic E-state index is -0.197. The minimum Gasteiger partial charge on any atom is -0.463 e. The highest BCUT2D eigenvalue weighted by Gasteiger charge is 2.27. The molecule has 0 saturated carbocycles. The smallest absolute Gasteiger partial charge is 0.306 e. The van der Waals surface area contributed by atoms with Crippen molar-refractivity contribution in [1.29, 1.82) is 0 Å². The molecule has 1 rings (SSSR count). The number of ether oxygens (including phenoxy) is 1. The Labute approximate surface area is 146 Å². The van der Waals surface area contributed by atoms with E-state index in [0.717, 1.165) is 16.7 Å². The summed E-state index contributed by atoms with van der Waals surface area (Å²) >= 11 is 0. The number of carbonyl (C=O) groups is 1. The molecule has 134 valence electrons. The Hall–Kier alpha value is -1.71. The lowest BCUT2D eigenvalue weighted by Crippen LogP contribution is -2.18. The zero-order chi connectivity index (χ0) is 18.7. The van der Waals surface area contributed by atoms with Gasteiger partial charge in [-0.15, -0.1) is 4.91 Å². The number of hydrogen-bond donors (Lipinski definition) is 0. The highest BCUT2D eigenvalue weighted by molar-refractivity contribution is 5.70. The predicted molar refractivity (Wildman–Crippen MR) is 98.8 cm³/mol. The molecule has 0 fully saturated rings. The predicted octanol–water partition coefficient (Wildman–Crippen LogP) is 5.56. The summed E-state index contributed by atoms with van der Waals surface area (Å²) in [6, 6.07) is 4.02. The molecule has 0 atom stereocenters. The topological polar surface area (TPSA) is 55.7 Å². The first-order valence-electron chi connectivity index (χ1n) is 8.57. The Balaban J connectivity index is 3.28. The van der Waals surface area contributed by atoms with Crippen LogP contribution in [0.2, 0.25) is 0 Å². The third kappa shape index (κ3) is 5.43. The van der Waals surface area contributed by atoms with Gasteiger partial charge in [0, 0.05) is 6.42 Å². The first-order valence-corrected chi connectivity index (χ1v) is 8.57. The van der Waals surface area contributed by atoms with E-state index in [0.29, 0.717) is 18.5 Å². The molecule has 0 bridgehead atoms. The molecule has 0 saturated heterocycles. The lowest BCUT2D eigenvalue weighted by molar-refractivity contribution is -0.147. The van der Waals surface area contributed by atoms with Gasteiger partial charge in [-0.1, -0.05) is 53.7 Å². The summed E-state index contributed by atoms with van der Waals surface area (Å²) in [5, 5.41) is 3.34. The van der Waals surface area contributed by atoms with E-state index in [-0.39, 0.29) is 22.9 Å². The van der Waals surface area contributed by atoms with Gasteiger partial charge in [0.2, 0.25) is 0 Å². The zero-order valence-electron chi connectivity index (χ0n) is 16.3. The van der Waals surface area contributed by atoms with Crippen LogP contribution in [0.4, 0.5) is 5.69 Å². The fraction of sp³-hybridized carbons (Fsp3) is 0.650. The molecule has 4 nitrogen and oxygen atoms in total. The van der Waals surface area contributed by atoms with Crippen LogP contribution >= 0.6 is 0 Å². The summed E-state index contributed by atoms with van der Waals surface area (Å²) in [6.45, 7) is 16.1. The molecular formula is C20H31NO3. The van der Waals surface area contributed by atoms with Gasteiger partial charge in [-0.25, -0.2) is 0 Å². The van der Waals surface area contributed by atoms with E-state index in [1.54, 1.807) is 0 Å². The van der Waals surface area contributed by atoms with Crippen molar-refractivity contribution >= 4 is 11.7 Å². The molecule has 4 heteroatoms. The second-order valence-electron chi connectivity index (χ2n) is 8.67. The maximum atomic E-state index is 11.8. The number of nitrogens with zero attached hydrogens (tertiary/aromatic N) is 1. The van der Waals surface area contributed by atoms with E-state index >= 15 is 0 Å². The van der Waals surface area contributed by atoms with Crippen LogP contribution in [-0.4, -0.2) is 12.1 Å². The number of rotatable bonds is 5. The number of aryl methyl sites for hydroxylation is 1. The maximum Gasteiger partial charge on any atom is 0.306 e. The molecule has 0 N–H and O–H groups in total. The summed E-state index contributed by atoms with van der Waals surface area (Å²) in [4.78, 5) is 23.3. The average Bonchev–Trinajstić information content (AvgIpc) is 2.41. The van der Waals surface area contributed by atoms with Crippen LogP contribution in [0.5, 0.6) is 0 Å². The normalized spacial score (nSPS) is 12.4. The molecule has 0 unspecified atom stereocenters. The Morgan fingerprint density at radius 2 is 1.50 bits per heavy atom. The van der Waals surface area contributed by atoms with E-state index < -0.39 is 0 Å². The summed E-state index contributed by atoms with van der Waals surface area (Å²) in [6.07, 6.45) is 0.824. The van der Waals surface area contributed by atoms with E-state index in [1.807, 2.05) is 26.0 Å². The quantitative estimate of drug-likeness (QED) is 0.523. The molecule has 24 heavy (non-hydrogen) atoms. The van der Waals surface area contributed by atoms with E-state index in [2.05, 4.69) is 46.7 Å². The number of benzene rings is 1. The second kappa shape index (κ2) is 7.45. The standard InChI is InChI=1S/C20H31NO3/c1-13(2)24-17(22)10-9-14-11-15(19(3,4)5)18(21-23)16(12-14)20(6,7)8/h11-13H,9-10H2,1-8H3. The Kier molecular flexibility index (Phi) is 6.32. The molecule has 0 aromatic heterocycles. The minimum absolute atomic E-state index is 0.102. The van der Waals surface area contributed by atoms with Crippen molar-refractivity contribution < 1.29 is 9.53 Å². The molecule has 0 aliphatic rings. The molecule has 1 aromatic carbocycles. The first kappa shape index (κ1) is 20.3. The second-order valence-corrected chi connectivity index (χ2v) is 8.67. The monoisotopic (exact) mass is 333 g/mol. The summed E-state index contributed by atoms with van der Waals surface area (Å²) in [5.74, 6) is -0.197. The van der Waals surface area contributed by atoms with Crippen molar-refractivity contribution in [2.45, 2.75) is 85.2 Å². The number of hydrogen-bond acceptors (Lipinski definition) is 4. The van der Waals surface area contributed by atoms with Gasteiger partial charge in [-0.05, 0) is 53.0 Å². The van der Waals surface area contributed by atoms with Crippen LogP contribution in [-0.2, 0) is 26.8 Å². The molecule has 0 aliphatic carbocycles. The fourth-order valence-corrected chi connectivity index (χ4v) is 2.65. The average molecular weight is 333 g/mol. The Morgan fingerprint density at radius 1 is 1.04 bits per heavy atom. The van der Waals surface area contributed by atoms with Crippen LogP contribution in [0.15, 0.2) is 17.3 Å². The van der Waals surface area contributed by atoms with Gasteiger partial charge in [0.15, 0.2) is 0 Å². The molecule has 0 heterocycles. The summed E-state index contributed by atoms with van der Waals surface area (Å²) in [5.41, 5.74) is 3.03. The van der Waals surface area contributed by atoms with Crippen molar-refractivity contribution in [3.05, 3.63) is 33.7 Å². The third-order valence-corrected chi connectivity index (χ3v) is 3.86. The number of carbonyl (C=O) groups excluding carboxylic acids is 1. The highest BCUT2D eigenvalue weighted by atomic mass is 16.5. The van der Waals surface area contributed by atoms with Crippen LogP contribution < -0.4 is 0 Å². The van der Waals surface area contributed by atoms with Gasteiger partial charge in [0.05, 0.1) is 6.10 Å². The zero-order valence-corrected chi connectivity index (χ0v) is 16.3. The molecule has 0 spiro atoms. The van der Waals surface area contributed by atoms with Gasteiger partial charge in [0.1, 0.15) is 5.69 Å². The van der Waals surface area contributed by atoms with Crippen molar-refractivity contribution in [2.75, 3.05) is 0 Å². The Morgan fingerprint density at radius 3 is 1.83 bits per heavy atom. The third-order valence-electron chi connectivity index (χ3n) is 3.86. The molecule has 0 amide bonds. The van der Waals surface area contributed by atoms with Gasteiger partial charge in [0.25, 0.3) is 0 Å². The van der Waals surface area contributed by atoms with Crippen molar-refractivity contribution in [3.8, 4) is 0 Å².